The van der Waals surface area contributed by atoms with Crippen molar-refractivity contribution in [3.8, 4) is 0 Å². The molecule has 0 fully saturated rings. The van der Waals surface area contributed by atoms with Gasteiger partial charge in [0.15, 0.2) is 0 Å². The van der Waals surface area contributed by atoms with Crippen LogP contribution in [0.15, 0.2) is 42.5 Å². The van der Waals surface area contributed by atoms with E-state index >= 15 is 0 Å². The molecule has 2 aromatic rings. The van der Waals surface area contributed by atoms with E-state index in [1.165, 1.54) is 16.3 Å². The molecule has 0 spiro atoms. The predicted octanol–water partition coefficient (Wildman–Crippen LogP) is 2.95. The summed E-state index contributed by atoms with van der Waals surface area (Å²) >= 11 is 0. The monoisotopic (exact) mass is 214 g/mol. The lowest BCUT2D eigenvalue weighted by Gasteiger charge is -2.05. The number of carbonyl (C=O) groups excluding carboxylic acids is 1. The Balaban J connectivity index is 2.14. The molecule has 2 rings (SSSR count). The summed E-state index contributed by atoms with van der Waals surface area (Å²) in [6.45, 7) is 0.996. The minimum absolute atomic E-state index is 0.493. The molecule has 0 atom stereocenters. The number of ether oxygens (including phenoxy) is 1. The van der Waals surface area contributed by atoms with Gasteiger partial charge in [-0.2, -0.15) is 0 Å². The van der Waals surface area contributed by atoms with Crippen LogP contribution in [0.5, 0.6) is 0 Å². The Hall–Kier alpha value is -1.83. The van der Waals surface area contributed by atoms with Crippen LogP contribution in [0, 0.1) is 0 Å². The van der Waals surface area contributed by atoms with Gasteiger partial charge in [0.05, 0.1) is 6.61 Å². The third-order valence-corrected chi connectivity index (χ3v) is 2.66. The van der Waals surface area contributed by atoms with Gasteiger partial charge >= 0.3 is 0 Å². The normalized spacial score (nSPS) is 10.2. The van der Waals surface area contributed by atoms with Crippen LogP contribution in [0.3, 0.4) is 0 Å². The maximum absolute atomic E-state index is 10.0. The first-order valence-corrected chi connectivity index (χ1v) is 5.44. The minimum atomic E-state index is 0.493. The van der Waals surface area contributed by atoms with E-state index in [0.29, 0.717) is 13.1 Å². The lowest BCUT2D eigenvalue weighted by Crippen LogP contribution is -1.95. The first-order chi connectivity index (χ1) is 7.92. The van der Waals surface area contributed by atoms with Crippen LogP contribution in [0.1, 0.15) is 12.0 Å². The van der Waals surface area contributed by atoms with Crippen molar-refractivity contribution in [2.75, 3.05) is 6.61 Å². The van der Waals surface area contributed by atoms with Crippen molar-refractivity contribution < 1.29 is 9.53 Å². The Labute approximate surface area is 94.8 Å². The predicted molar refractivity (Wildman–Crippen MR) is 64.3 cm³/mol. The first-order valence-electron chi connectivity index (χ1n) is 5.44. The summed E-state index contributed by atoms with van der Waals surface area (Å²) in [6, 6.07) is 14.6. The maximum atomic E-state index is 10.0. The molecule has 82 valence electrons. The third-order valence-electron chi connectivity index (χ3n) is 2.66. The summed E-state index contributed by atoms with van der Waals surface area (Å²) in [5, 5.41) is 2.55. The molecule has 0 aromatic heterocycles. The first kappa shape index (κ1) is 10.7. The molecule has 0 unspecified atom stereocenters. The molecule has 0 aliphatic rings. The molecule has 2 heteroatoms. The Kier molecular flexibility index (Phi) is 3.54. The number of rotatable bonds is 5. The summed E-state index contributed by atoms with van der Waals surface area (Å²) in [5.41, 5.74) is 1.31. The Morgan fingerprint density at radius 1 is 1.06 bits per heavy atom. The van der Waals surface area contributed by atoms with Crippen LogP contribution < -0.4 is 0 Å². The molecule has 0 heterocycles. The van der Waals surface area contributed by atoms with Gasteiger partial charge in [0.25, 0.3) is 6.47 Å². The molecular weight excluding hydrogens is 200 g/mol. The van der Waals surface area contributed by atoms with E-state index < -0.39 is 0 Å². The fourth-order valence-electron chi connectivity index (χ4n) is 1.90. The minimum Gasteiger partial charge on any atom is -0.468 e. The fourth-order valence-corrected chi connectivity index (χ4v) is 1.90. The van der Waals surface area contributed by atoms with E-state index in [4.69, 9.17) is 0 Å². The number of hydrogen-bond donors (Lipinski definition) is 0. The summed E-state index contributed by atoms with van der Waals surface area (Å²) < 4.78 is 4.69. The van der Waals surface area contributed by atoms with Crippen LogP contribution in [-0.4, -0.2) is 13.1 Å². The second-order valence-corrected chi connectivity index (χ2v) is 3.71. The highest BCUT2D eigenvalue weighted by Gasteiger charge is 1.99. The number of hydrogen-bond acceptors (Lipinski definition) is 2. The summed E-state index contributed by atoms with van der Waals surface area (Å²) in [4.78, 5) is 10.0. The molecule has 0 amide bonds. The molecular formula is C14H14O2. The highest BCUT2D eigenvalue weighted by atomic mass is 16.5. The highest BCUT2D eigenvalue weighted by molar-refractivity contribution is 5.85. The summed E-state index contributed by atoms with van der Waals surface area (Å²) in [7, 11) is 0. The zero-order valence-electron chi connectivity index (χ0n) is 9.06. The van der Waals surface area contributed by atoms with Crippen molar-refractivity contribution in [2.45, 2.75) is 12.8 Å². The van der Waals surface area contributed by atoms with Gasteiger partial charge in [0.1, 0.15) is 0 Å². The van der Waals surface area contributed by atoms with E-state index in [2.05, 4.69) is 35.1 Å². The highest BCUT2D eigenvalue weighted by Crippen LogP contribution is 2.19. The van der Waals surface area contributed by atoms with Crippen molar-refractivity contribution in [3.05, 3.63) is 48.0 Å². The molecule has 0 radical (unpaired) electrons. The second kappa shape index (κ2) is 5.31. The van der Waals surface area contributed by atoms with E-state index in [1.807, 2.05) is 12.1 Å². The van der Waals surface area contributed by atoms with Gasteiger partial charge in [-0.25, -0.2) is 0 Å². The quantitative estimate of drug-likeness (QED) is 0.565. The molecule has 0 bridgehead atoms. The van der Waals surface area contributed by atoms with Gasteiger partial charge < -0.3 is 4.74 Å². The van der Waals surface area contributed by atoms with Crippen molar-refractivity contribution in [1.82, 2.24) is 0 Å². The molecule has 2 aromatic carbocycles. The summed E-state index contributed by atoms with van der Waals surface area (Å²) in [5.74, 6) is 0. The third kappa shape index (κ3) is 2.40. The van der Waals surface area contributed by atoms with Crippen molar-refractivity contribution in [1.29, 1.82) is 0 Å². The summed E-state index contributed by atoms with van der Waals surface area (Å²) in [6.07, 6.45) is 1.81. The van der Waals surface area contributed by atoms with Gasteiger partial charge in [0, 0.05) is 0 Å². The molecule has 16 heavy (non-hydrogen) atoms. The zero-order valence-corrected chi connectivity index (χ0v) is 9.06. The number of benzene rings is 2. The Morgan fingerprint density at radius 3 is 2.75 bits per heavy atom. The van der Waals surface area contributed by atoms with Crippen molar-refractivity contribution >= 4 is 17.2 Å². The standard InChI is InChI=1S/C14H14O2/c15-11-16-10-4-8-13-7-3-6-12-5-1-2-9-14(12)13/h1-3,5-7,9,11H,4,8,10H2. The van der Waals surface area contributed by atoms with Crippen LogP contribution >= 0.6 is 0 Å². The lowest BCUT2D eigenvalue weighted by molar-refractivity contribution is -0.128. The number of aryl methyl sites for hydroxylation is 1. The average Bonchev–Trinajstić information content (AvgIpc) is 2.35. The van der Waals surface area contributed by atoms with Crippen LogP contribution in [0.25, 0.3) is 10.8 Å². The van der Waals surface area contributed by atoms with Gasteiger partial charge in [-0.05, 0) is 29.2 Å². The number of carbonyl (C=O) groups is 1. The van der Waals surface area contributed by atoms with Gasteiger partial charge in [-0.1, -0.05) is 42.5 Å². The molecule has 0 aliphatic heterocycles. The van der Waals surface area contributed by atoms with Gasteiger partial charge in [-0.3, -0.25) is 4.79 Å². The smallest absolute Gasteiger partial charge is 0.293 e. The van der Waals surface area contributed by atoms with E-state index in [1.54, 1.807) is 0 Å². The van der Waals surface area contributed by atoms with Crippen molar-refractivity contribution in [3.63, 3.8) is 0 Å². The zero-order chi connectivity index (χ0) is 11.2. The van der Waals surface area contributed by atoms with Gasteiger partial charge in [-0.15, -0.1) is 0 Å². The van der Waals surface area contributed by atoms with Crippen LogP contribution in [-0.2, 0) is 16.0 Å². The fraction of sp³-hybridized carbons (Fsp3) is 0.214. The number of fused-ring (bicyclic) bond motifs is 1. The van der Waals surface area contributed by atoms with Crippen LogP contribution in [0.4, 0.5) is 0 Å². The van der Waals surface area contributed by atoms with E-state index in [9.17, 15) is 4.79 Å². The average molecular weight is 214 g/mol. The van der Waals surface area contributed by atoms with Crippen LogP contribution in [0.2, 0.25) is 0 Å². The largest absolute Gasteiger partial charge is 0.468 e. The Bertz CT molecular complexity index is 472. The SMILES string of the molecule is O=COCCCc1cccc2ccccc12. The molecule has 2 nitrogen and oxygen atoms in total. The van der Waals surface area contributed by atoms with Crippen molar-refractivity contribution in [2.24, 2.45) is 0 Å². The molecule has 0 saturated heterocycles. The van der Waals surface area contributed by atoms with E-state index in [-0.39, 0.29) is 0 Å². The molecule has 0 saturated carbocycles. The lowest BCUT2D eigenvalue weighted by atomic mass is 10.0. The molecule has 0 N–H and O–H groups in total. The maximum Gasteiger partial charge on any atom is 0.293 e. The Morgan fingerprint density at radius 2 is 1.88 bits per heavy atom. The second-order valence-electron chi connectivity index (χ2n) is 3.71. The van der Waals surface area contributed by atoms with Gasteiger partial charge in [0.2, 0.25) is 0 Å². The van der Waals surface area contributed by atoms with E-state index in [0.717, 1.165) is 12.8 Å². The molecule has 0 aliphatic carbocycles. The topological polar surface area (TPSA) is 26.3 Å².